The number of carbonyl (C=O) groups is 1. The Hall–Kier alpha value is -1.60. The van der Waals surface area contributed by atoms with E-state index in [1.165, 1.54) is 28.7 Å². The van der Waals surface area contributed by atoms with Gasteiger partial charge in [0.2, 0.25) is 5.91 Å². The van der Waals surface area contributed by atoms with Gasteiger partial charge in [-0.1, -0.05) is 41.3 Å². The van der Waals surface area contributed by atoms with E-state index in [1.54, 1.807) is 4.90 Å². The van der Waals surface area contributed by atoms with E-state index in [1.807, 2.05) is 32.2 Å². The van der Waals surface area contributed by atoms with Gasteiger partial charge in [-0.2, -0.15) is 0 Å². The molecule has 0 N–H and O–H groups in total. The highest BCUT2D eigenvalue weighted by Crippen LogP contribution is 2.28. The fourth-order valence-corrected chi connectivity index (χ4v) is 4.09. The molecule has 1 aliphatic heterocycles. The van der Waals surface area contributed by atoms with Gasteiger partial charge in [-0.15, -0.1) is 10.2 Å². The molecule has 7 heteroatoms. The van der Waals surface area contributed by atoms with Crippen LogP contribution in [0.4, 0.5) is 0 Å². The largest absolute Gasteiger partial charge is 0.488 e. The summed E-state index contributed by atoms with van der Waals surface area (Å²) in [6, 6.07) is 8.03. The zero-order chi connectivity index (χ0) is 15.5. The van der Waals surface area contributed by atoms with E-state index in [0.717, 1.165) is 21.5 Å². The Kier molecular flexibility index (Phi) is 4.63. The summed E-state index contributed by atoms with van der Waals surface area (Å²) in [6.45, 7) is 2.51. The maximum atomic E-state index is 12.2. The van der Waals surface area contributed by atoms with Gasteiger partial charge >= 0.3 is 0 Å². The molecule has 5 nitrogen and oxygen atoms in total. The Balaban J connectivity index is 1.48. The van der Waals surface area contributed by atoms with Crippen molar-refractivity contribution >= 4 is 29.0 Å². The molecule has 22 heavy (non-hydrogen) atoms. The van der Waals surface area contributed by atoms with E-state index in [-0.39, 0.29) is 12.0 Å². The van der Waals surface area contributed by atoms with Gasteiger partial charge in [0, 0.05) is 13.5 Å². The Morgan fingerprint density at radius 1 is 1.45 bits per heavy atom. The number of aryl methyl sites for hydroxylation is 1. The number of likely N-dealkylation sites (N-methyl/N-ethyl adjacent to an activating group) is 1. The highest BCUT2D eigenvalue weighted by Gasteiger charge is 2.25. The smallest absolute Gasteiger partial charge is 0.232 e. The Morgan fingerprint density at radius 2 is 2.27 bits per heavy atom. The van der Waals surface area contributed by atoms with Crippen LogP contribution in [-0.2, 0) is 11.2 Å². The minimum Gasteiger partial charge on any atom is -0.488 e. The Morgan fingerprint density at radius 3 is 3.00 bits per heavy atom. The van der Waals surface area contributed by atoms with Crippen molar-refractivity contribution < 1.29 is 9.53 Å². The third-order valence-corrected chi connectivity index (χ3v) is 5.40. The topological polar surface area (TPSA) is 55.3 Å². The summed E-state index contributed by atoms with van der Waals surface area (Å²) in [5.74, 6) is 1.40. The van der Waals surface area contributed by atoms with Crippen molar-refractivity contribution in [2.45, 2.75) is 23.8 Å². The average molecular weight is 335 g/mol. The van der Waals surface area contributed by atoms with Gasteiger partial charge < -0.3 is 9.64 Å². The number of nitrogens with zero attached hydrogens (tertiary/aromatic N) is 3. The summed E-state index contributed by atoms with van der Waals surface area (Å²) >= 11 is 2.95. The number of ether oxygens (including phenoxy) is 1. The SMILES string of the molecule is Cc1nnc(SCC(=O)N(C)CC2Cc3ccccc3O2)s1. The highest BCUT2D eigenvalue weighted by atomic mass is 32.2. The third kappa shape index (κ3) is 3.59. The molecule has 2 aromatic rings. The van der Waals surface area contributed by atoms with Crippen molar-refractivity contribution in [3.05, 3.63) is 34.8 Å². The summed E-state index contributed by atoms with van der Waals surface area (Å²) < 4.78 is 6.71. The second-order valence-electron chi connectivity index (χ2n) is 5.20. The Bertz CT molecular complexity index is 649. The summed E-state index contributed by atoms with van der Waals surface area (Å²) in [6.07, 6.45) is 0.899. The van der Waals surface area contributed by atoms with Crippen molar-refractivity contribution in [2.24, 2.45) is 0 Å². The van der Waals surface area contributed by atoms with E-state index in [0.29, 0.717) is 12.3 Å². The standard InChI is InChI=1S/C15H17N3O2S2/c1-10-16-17-15(22-10)21-9-14(19)18(2)8-12-7-11-5-3-4-6-13(11)20-12/h3-6,12H,7-9H2,1-2H3. The van der Waals surface area contributed by atoms with Gasteiger partial charge in [0.05, 0.1) is 12.3 Å². The number of amides is 1. The van der Waals surface area contributed by atoms with Crippen molar-refractivity contribution in [2.75, 3.05) is 19.3 Å². The van der Waals surface area contributed by atoms with E-state index in [9.17, 15) is 4.79 Å². The molecule has 1 amide bonds. The number of fused-ring (bicyclic) bond motifs is 1. The van der Waals surface area contributed by atoms with Crippen LogP contribution in [0.25, 0.3) is 0 Å². The molecule has 1 aliphatic rings. The summed E-state index contributed by atoms with van der Waals surface area (Å²) in [5.41, 5.74) is 1.21. The van der Waals surface area contributed by atoms with Crippen LogP contribution in [0, 0.1) is 6.92 Å². The van der Waals surface area contributed by atoms with Crippen LogP contribution < -0.4 is 4.74 Å². The van der Waals surface area contributed by atoms with Gasteiger partial charge in [0.1, 0.15) is 16.9 Å². The number of carbonyl (C=O) groups excluding carboxylic acids is 1. The number of benzene rings is 1. The average Bonchev–Trinajstić information content (AvgIpc) is 3.09. The number of hydrogen-bond acceptors (Lipinski definition) is 6. The summed E-state index contributed by atoms with van der Waals surface area (Å²) in [5, 5.41) is 8.88. The van der Waals surface area contributed by atoms with Crippen LogP contribution in [0.3, 0.4) is 0 Å². The first kappa shape index (κ1) is 15.3. The molecule has 0 spiro atoms. The maximum Gasteiger partial charge on any atom is 0.232 e. The summed E-state index contributed by atoms with van der Waals surface area (Å²) in [4.78, 5) is 13.9. The van der Waals surface area contributed by atoms with Crippen LogP contribution in [-0.4, -0.2) is 46.5 Å². The highest BCUT2D eigenvalue weighted by molar-refractivity contribution is 8.01. The lowest BCUT2D eigenvalue weighted by Gasteiger charge is -2.20. The van der Waals surface area contributed by atoms with Gasteiger partial charge in [-0.05, 0) is 18.6 Å². The van der Waals surface area contributed by atoms with Gasteiger partial charge in [0.25, 0.3) is 0 Å². The first-order valence-corrected chi connectivity index (χ1v) is 8.83. The van der Waals surface area contributed by atoms with Crippen molar-refractivity contribution in [3.63, 3.8) is 0 Å². The first-order valence-electron chi connectivity index (χ1n) is 7.03. The molecule has 1 aromatic heterocycles. The molecule has 116 valence electrons. The molecule has 0 saturated carbocycles. The second kappa shape index (κ2) is 6.66. The van der Waals surface area contributed by atoms with Crippen LogP contribution in [0.5, 0.6) is 5.75 Å². The van der Waals surface area contributed by atoms with Crippen LogP contribution in [0.15, 0.2) is 28.6 Å². The number of para-hydroxylation sites is 1. The lowest BCUT2D eigenvalue weighted by molar-refractivity contribution is -0.128. The predicted octanol–water partition coefficient (Wildman–Crippen LogP) is 2.40. The molecular weight excluding hydrogens is 318 g/mol. The van der Waals surface area contributed by atoms with E-state index in [4.69, 9.17) is 4.74 Å². The fourth-order valence-electron chi connectivity index (χ4n) is 2.33. The van der Waals surface area contributed by atoms with Crippen molar-refractivity contribution in [3.8, 4) is 5.75 Å². The second-order valence-corrected chi connectivity index (χ2v) is 7.61. The van der Waals surface area contributed by atoms with Crippen molar-refractivity contribution in [1.29, 1.82) is 0 Å². The van der Waals surface area contributed by atoms with E-state index in [2.05, 4.69) is 16.3 Å². The number of thioether (sulfide) groups is 1. The zero-order valence-corrected chi connectivity index (χ0v) is 14.1. The van der Waals surface area contributed by atoms with Gasteiger partial charge in [-0.3, -0.25) is 4.79 Å². The van der Waals surface area contributed by atoms with Crippen LogP contribution in [0.1, 0.15) is 10.6 Å². The molecule has 0 fully saturated rings. The number of aromatic nitrogens is 2. The van der Waals surface area contributed by atoms with Crippen LogP contribution >= 0.6 is 23.1 Å². The number of rotatable bonds is 5. The molecule has 0 bridgehead atoms. The Labute approximate surface area is 137 Å². The fraction of sp³-hybridized carbons (Fsp3) is 0.400. The quantitative estimate of drug-likeness (QED) is 0.786. The summed E-state index contributed by atoms with van der Waals surface area (Å²) in [7, 11) is 1.82. The minimum atomic E-state index is 0.0418. The molecular formula is C15H17N3O2S2. The first-order chi connectivity index (χ1) is 10.6. The van der Waals surface area contributed by atoms with Gasteiger partial charge in [-0.25, -0.2) is 0 Å². The third-order valence-electron chi connectivity index (χ3n) is 3.44. The number of hydrogen-bond donors (Lipinski definition) is 0. The minimum absolute atomic E-state index is 0.0418. The molecule has 0 radical (unpaired) electrons. The molecule has 1 atom stereocenters. The normalized spacial score (nSPS) is 16.2. The molecule has 1 unspecified atom stereocenters. The molecule has 0 saturated heterocycles. The molecule has 0 aliphatic carbocycles. The van der Waals surface area contributed by atoms with Gasteiger partial charge in [0.15, 0.2) is 4.34 Å². The van der Waals surface area contributed by atoms with E-state index >= 15 is 0 Å². The molecule has 1 aromatic carbocycles. The molecule has 3 rings (SSSR count). The monoisotopic (exact) mass is 335 g/mol. The lowest BCUT2D eigenvalue weighted by Crippen LogP contribution is -2.37. The van der Waals surface area contributed by atoms with Crippen molar-refractivity contribution in [1.82, 2.24) is 15.1 Å². The predicted molar refractivity (Wildman–Crippen MR) is 87.6 cm³/mol. The molecule has 2 heterocycles. The zero-order valence-electron chi connectivity index (χ0n) is 12.5. The van der Waals surface area contributed by atoms with E-state index < -0.39 is 0 Å². The maximum absolute atomic E-state index is 12.2. The van der Waals surface area contributed by atoms with Crippen LogP contribution in [0.2, 0.25) is 0 Å². The lowest BCUT2D eigenvalue weighted by atomic mass is 10.1.